The van der Waals surface area contributed by atoms with Gasteiger partial charge in [0.05, 0.1) is 0 Å². The maximum atomic E-state index is 11.3. The van der Waals surface area contributed by atoms with E-state index < -0.39 is 48.9 Å². The average molecular weight is 469 g/mol. The van der Waals surface area contributed by atoms with Gasteiger partial charge in [0.2, 0.25) is 0 Å². The van der Waals surface area contributed by atoms with Gasteiger partial charge in [0, 0.05) is 18.0 Å². The summed E-state index contributed by atoms with van der Waals surface area (Å²) in [4.78, 5) is 11.3. The number of aliphatic carboxylic acids is 1. The molecule has 1 saturated heterocycles. The molecule has 0 bridgehead atoms. The van der Waals surface area contributed by atoms with Crippen LogP contribution in [-0.4, -0.2) is 87.5 Å². The zero-order valence-electron chi connectivity index (χ0n) is 18.6. The summed E-state index contributed by atoms with van der Waals surface area (Å²) >= 11 is 0. The normalized spacial score (nSPS) is 27.6. The quantitative estimate of drug-likeness (QED) is 0.280. The highest BCUT2D eigenvalue weighted by atomic mass is 16.7. The van der Waals surface area contributed by atoms with E-state index in [1.165, 1.54) is 0 Å². The van der Waals surface area contributed by atoms with Crippen LogP contribution in [-0.2, 0) is 14.3 Å². The van der Waals surface area contributed by atoms with Crippen LogP contribution >= 0.6 is 0 Å². The minimum absolute atomic E-state index is 0.0352. The molecular formula is C22H31NO10. The van der Waals surface area contributed by atoms with Crippen LogP contribution in [0.5, 0.6) is 5.75 Å². The first-order valence-electron chi connectivity index (χ1n) is 10.7. The van der Waals surface area contributed by atoms with E-state index in [2.05, 4.69) is 5.32 Å². The van der Waals surface area contributed by atoms with Crippen molar-refractivity contribution < 1.29 is 49.0 Å². The maximum absolute atomic E-state index is 11.3. The molecule has 0 saturated carbocycles. The molecular weight excluding hydrogens is 438 g/mol. The van der Waals surface area contributed by atoms with Crippen molar-refractivity contribution in [1.29, 1.82) is 0 Å². The van der Waals surface area contributed by atoms with Crippen molar-refractivity contribution in [2.24, 2.45) is 0 Å². The summed E-state index contributed by atoms with van der Waals surface area (Å²) in [5.41, 5.74) is 0.447. The third-order valence-corrected chi connectivity index (χ3v) is 5.26. The second-order valence-corrected chi connectivity index (χ2v) is 8.37. The Labute approximate surface area is 190 Å². The summed E-state index contributed by atoms with van der Waals surface area (Å²) in [6, 6.07) is 7.08. The molecule has 2 unspecified atom stereocenters. The fraction of sp³-hybridized carbons (Fsp3) is 0.591. The SMILES string of the molecule is CC(C)NCC(COc1cccc2cc(C(C)O)oc12)O[C@@H]1O[C@H](C(=O)O)[C@@H](O)[C@H](O)[C@H]1O. The van der Waals surface area contributed by atoms with Gasteiger partial charge in [0.25, 0.3) is 0 Å². The lowest BCUT2D eigenvalue weighted by atomic mass is 9.99. The summed E-state index contributed by atoms with van der Waals surface area (Å²) in [6.07, 6.45) is -10.0. The van der Waals surface area contributed by atoms with Gasteiger partial charge in [-0.15, -0.1) is 0 Å². The van der Waals surface area contributed by atoms with Crippen LogP contribution in [0.15, 0.2) is 28.7 Å². The monoisotopic (exact) mass is 469 g/mol. The predicted octanol–water partition coefficient (Wildman–Crippen LogP) is 0.140. The number of furan rings is 1. The molecule has 33 heavy (non-hydrogen) atoms. The predicted molar refractivity (Wildman–Crippen MR) is 115 cm³/mol. The van der Waals surface area contributed by atoms with Crippen LogP contribution in [0.4, 0.5) is 0 Å². The molecule has 1 fully saturated rings. The standard InChI is InChI=1S/C22H31NO10/c1-10(2)23-8-13(31-22-18(27)16(25)17(26)20(33-22)21(28)29)9-30-14-6-4-5-12-7-15(11(3)24)32-19(12)14/h4-7,10-11,13,16-18,20,22-27H,8-9H2,1-3H3,(H,28,29)/t11?,13?,16-,17-,18+,20-,22+/m0/s1. The van der Waals surface area contributed by atoms with Gasteiger partial charge < -0.3 is 49.5 Å². The van der Waals surface area contributed by atoms with E-state index in [0.717, 1.165) is 5.39 Å². The van der Waals surface area contributed by atoms with E-state index >= 15 is 0 Å². The van der Waals surface area contributed by atoms with Crippen LogP contribution in [0.25, 0.3) is 11.0 Å². The minimum atomic E-state index is -1.81. The lowest BCUT2D eigenvalue weighted by molar-refractivity contribution is -0.305. The summed E-state index contributed by atoms with van der Waals surface area (Å²) < 4.78 is 22.6. The van der Waals surface area contributed by atoms with Crippen molar-refractivity contribution in [2.75, 3.05) is 13.2 Å². The topological polar surface area (TPSA) is 171 Å². The molecule has 7 atom stereocenters. The van der Waals surface area contributed by atoms with E-state index in [4.69, 9.17) is 18.6 Å². The Morgan fingerprint density at radius 1 is 1.15 bits per heavy atom. The first kappa shape index (κ1) is 25.4. The highest BCUT2D eigenvalue weighted by molar-refractivity contribution is 5.83. The Morgan fingerprint density at radius 2 is 1.88 bits per heavy atom. The van der Waals surface area contributed by atoms with Gasteiger partial charge in [-0.05, 0) is 19.1 Å². The van der Waals surface area contributed by atoms with Gasteiger partial charge in [-0.1, -0.05) is 26.0 Å². The van der Waals surface area contributed by atoms with Crippen molar-refractivity contribution in [1.82, 2.24) is 5.32 Å². The Balaban J connectivity index is 1.75. The second kappa shape index (κ2) is 10.8. The lowest BCUT2D eigenvalue weighted by Gasteiger charge is -2.39. The Kier molecular flexibility index (Phi) is 8.29. The van der Waals surface area contributed by atoms with E-state index in [9.17, 15) is 30.3 Å². The van der Waals surface area contributed by atoms with Gasteiger partial charge in [0.15, 0.2) is 23.7 Å². The zero-order valence-corrected chi connectivity index (χ0v) is 18.6. The van der Waals surface area contributed by atoms with Gasteiger partial charge in [0.1, 0.15) is 42.9 Å². The Hall–Kier alpha value is -2.25. The number of carboxylic acids is 1. The molecule has 0 amide bonds. The van der Waals surface area contributed by atoms with Crippen molar-refractivity contribution in [3.63, 3.8) is 0 Å². The fourth-order valence-corrected chi connectivity index (χ4v) is 3.43. The lowest BCUT2D eigenvalue weighted by Crippen LogP contribution is -2.61. The van der Waals surface area contributed by atoms with E-state index in [0.29, 0.717) is 17.1 Å². The highest BCUT2D eigenvalue weighted by Crippen LogP contribution is 2.31. The van der Waals surface area contributed by atoms with E-state index in [1.807, 2.05) is 19.9 Å². The number of hydrogen-bond acceptors (Lipinski definition) is 10. The molecule has 1 aliphatic rings. The number of fused-ring (bicyclic) bond motifs is 1. The second-order valence-electron chi connectivity index (χ2n) is 8.37. The molecule has 0 aliphatic carbocycles. The summed E-state index contributed by atoms with van der Waals surface area (Å²) in [5.74, 6) is -0.698. The molecule has 11 nitrogen and oxygen atoms in total. The number of aliphatic hydroxyl groups is 4. The van der Waals surface area contributed by atoms with Crippen LogP contribution in [0, 0.1) is 0 Å². The Bertz CT molecular complexity index is 929. The van der Waals surface area contributed by atoms with Crippen molar-refractivity contribution in [3.05, 3.63) is 30.0 Å². The third-order valence-electron chi connectivity index (χ3n) is 5.26. The van der Waals surface area contributed by atoms with Crippen LogP contribution < -0.4 is 10.1 Å². The van der Waals surface area contributed by atoms with Crippen LogP contribution in [0.2, 0.25) is 0 Å². The third kappa shape index (κ3) is 6.01. The number of aliphatic hydroxyl groups excluding tert-OH is 4. The van der Waals surface area contributed by atoms with Crippen molar-refractivity contribution in [2.45, 2.75) is 69.7 Å². The minimum Gasteiger partial charge on any atom is -0.487 e. The number of carboxylic acid groups (broad SMARTS) is 1. The molecule has 184 valence electrons. The fourth-order valence-electron chi connectivity index (χ4n) is 3.43. The number of hydrogen-bond donors (Lipinski definition) is 6. The van der Waals surface area contributed by atoms with Crippen LogP contribution in [0.1, 0.15) is 32.6 Å². The zero-order chi connectivity index (χ0) is 24.3. The van der Waals surface area contributed by atoms with Gasteiger partial charge in [-0.2, -0.15) is 0 Å². The van der Waals surface area contributed by atoms with Crippen molar-refractivity contribution in [3.8, 4) is 5.75 Å². The number of benzene rings is 1. The molecule has 1 aromatic heterocycles. The summed E-state index contributed by atoms with van der Waals surface area (Å²) in [7, 11) is 0. The molecule has 0 radical (unpaired) electrons. The largest absolute Gasteiger partial charge is 0.487 e. The highest BCUT2D eigenvalue weighted by Gasteiger charge is 2.48. The summed E-state index contributed by atoms with van der Waals surface area (Å²) in [6.45, 7) is 5.66. The van der Waals surface area contributed by atoms with Crippen molar-refractivity contribution >= 4 is 16.9 Å². The number of nitrogens with one attached hydrogen (secondary N) is 1. The number of para-hydroxylation sites is 1. The number of rotatable bonds is 10. The molecule has 2 heterocycles. The number of ether oxygens (including phenoxy) is 3. The molecule has 2 aromatic rings. The first-order valence-corrected chi connectivity index (χ1v) is 10.7. The molecule has 1 aromatic carbocycles. The van der Waals surface area contributed by atoms with Gasteiger partial charge in [-0.3, -0.25) is 0 Å². The van der Waals surface area contributed by atoms with E-state index in [1.54, 1.807) is 25.1 Å². The maximum Gasteiger partial charge on any atom is 0.335 e. The van der Waals surface area contributed by atoms with Gasteiger partial charge >= 0.3 is 5.97 Å². The average Bonchev–Trinajstić information content (AvgIpc) is 3.20. The molecule has 11 heteroatoms. The number of carbonyl (C=O) groups is 1. The smallest absolute Gasteiger partial charge is 0.335 e. The molecule has 3 rings (SSSR count). The Morgan fingerprint density at radius 3 is 2.52 bits per heavy atom. The first-order chi connectivity index (χ1) is 15.6. The van der Waals surface area contributed by atoms with E-state index in [-0.39, 0.29) is 19.2 Å². The molecule has 6 N–H and O–H groups in total. The van der Waals surface area contributed by atoms with Gasteiger partial charge in [-0.25, -0.2) is 4.79 Å². The molecule has 0 spiro atoms. The van der Waals surface area contributed by atoms with Crippen LogP contribution in [0.3, 0.4) is 0 Å². The summed E-state index contributed by atoms with van der Waals surface area (Å²) in [5, 5.41) is 53.1. The molecule has 1 aliphatic heterocycles.